The first-order valence-electron chi connectivity index (χ1n) is 4.78. The van der Waals surface area contributed by atoms with Gasteiger partial charge in [0.15, 0.2) is 0 Å². The Morgan fingerprint density at radius 2 is 1.95 bits per heavy atom. The standard InChI is InChI=1S/C9H6Cl2N4O3S/c10-6-3-7(14-9(11)13-6)15-19(17,18)5-1-2-8(16)12-4-5/h1-4H,(H,12,16)(H,13,14,15). The second-order valence-corrected chi connectivity index (χ2v) is 5.75. The first-order valence-corrected chi connectivity index (χ1v) is 7.02. The summed E-state index contributed by atoms with van der Waals surface area (Å²) < 4.78 is 26.1. The molecular formula is C9H6Cl2N4O3S. The maximum absolute atomic E-state index is 12.0. The van der Waals surface area contributed by atoms with Crippen molar-refractivity contribution < 1.29 is 8.42 Å². The van der Waals surface area contributed by atoms with Crippen LogP contribution in [0.4, 0.5) is 5.82 Å². The second-order valence-electron chi connectivity index (χ2n) is 3.34. The number of anilines is 1. The van der Waals surface area contributed by atoms with E-state index >= 15 is 0 Å². The Bertz CT molecular complexity index is 735. The third kappa shape index (κ3) is 3.43. The average molecular weight is 321 g/mol. The fourth-order valence-corrected chi connectivity index (χ4v) is 2.57. The summed E-state index contributed by atoms with van der Waals surface area (Å²) in [5.41, 5.74) is -0.410. The SMILES string of the molecule is O=c1ccc(S(=O)(=O)Nc2cc(Cl)nc(Cl)n2)c[nH]1. The minimum absolute atomic E-state index is 0.000770. The number of hydrogen-bond acceptors (Lipinski definition) is 5. The van der Waals surface area contributed by atoms with Crippen molar-refractivity contribution in [1.29, 1.82) is 0 Å². The smallest absolute Gasteiger partial charge is 0.264 e. The van der Waals surface area contributed by atoms with E-state index in [-0.39, 0.29) is 21.2 Å². The van der Waals surface area contributed by atoms with Gasteiger partial charge in [0.25, 0.3) is 10.0 Å². The van der Waals surface area contributed by atoms with Gasteiger partial charge in [-0.15, -0.1) is 0 Å². The predicted molar refractivity (Wildman–Crippen MR) is 69.9 cm³/mol. The lowest BCUT2D eigenvalue weighted by molar-refractivity contribution is 0.600. The number of pyridine rings is 1. The van der Waals surface area contributed by atoms with Gasteiger partial charge in [0.1, 0.15) is 15.9 Å². The van der Waals surface area contributed by atoms with Gasteiger partial charge in [-0.2, -0.15) is 4.98 Å². The van der Waals surface area contributed by atoms with Gasteiger partial charge in [0, 0.05) is 18.3 Å². The van der Waals surface area contributed by atoms with Crippen LogP contribution in [0.2, 0.25) is 10.4 Å². The molecular weight excluding hydrogens is 315 g/mol. The van der Waals surface area contributed by atoms with Crippen LogP contribution in [0.3, 0.4) is 0 Å². The molecule has 7 nitrogen and oxygen atoms in total. The molecule has 2 heterocycles. The van der Waals surface area contributed by atoms with Crippen LogP contribution in [0, 0.1) is 0 Å². The molecule has 100 valence electrons. The van der Waals surface area contributed by atoms with Gasteiger partial charge < -0.3 is 4.98 Å². The molecule has 0 aliphatic carbocycles. The number of halogens is 2. The van der Waals surface area contributed by atoms with E-state index in [4.69, 9.17) is 23.2 Å². The Hall–Kier alpha value is -1.64. The topological polar surface area (TPSA) is 105 Å². The van der Waals surface area contributed by atoms with Crippen LogP contribution >= 0.6 is 23.2 Å². The normalized spacial score (nSPS) is 11.3. The highest BCUT2D eigenvalue weighted by Crippen LogP contribution is 2.17. The Morgan fingerprint density at radius 3 is 2.53 bits per heavy atom. The summed E-state index contributed by atoms with van der Waals surface area (Å²) in [5, 5.41) is -0.189. The minimum Gasteiger partial charge on any atom is -0.328 e. The Labute approximate surface area is 117 Å². The lowest BCUT2D eigenvalue weighted by Crippen LogP contribution is -2.16. The average Bonchev–Trinajstić information content (AvgIpc) is 2.27. The zero-order chi connectivity index (χ0) is 14.0. The number of aromatic nitrogens is 3. The molecule has 2 aromatic rings. The largest absolute Gasteiger partial charge is 0.328 e. The summed E-state index contributed by atoms with van der Waals surface area (Å²) in [4.78, 5) is 20.3. The summed E-state index contributed by atoms with van der Waals surface area (Å²) in [6, 6.07) is 3.46. The van der Waals surface area contributed by atoms with E-state index in [0.717, 1.165) is 18.3 Å². The first kappa shape index (κ1) is 13.8. The van der Waals surface area contributed by atoms with Crippen molar-refractivity contribution in [2.45, 2.75) is 4.90 Å². The van der Waals surface area contributed by atoms with Crippen LogP contribution < -0.4 is 10.3 Å². The molecule has 0 spiro atoms. The lowest BCUT2D eigenvalue weighted by atomic mass is 10.5. The van der Waals surface area contributed by atoms with Crippen LogP contribution in [0.15, 0.2) is 34.1 Å². The molecule has 2 aromatic heterocycles. The van der Waals surface area contributed by atoms with Crippen LogP contribution in [-0.2, 0) is 10.0 Å². The zero-order valence-corrected chi connectivity index (χ0v) is 11.4. The van der Waals surface area contributed by atoms with Crippen molar-refractivity contribution >= 4 is 39.0 Å². The van der Waals surface area contributed by atoms with E-state index in [1.54, 1.807) is 0 Å². The summed E-state index contributed by atoms with van der Waals surface area (Å²) >= 11 is 11.2. The number of nitrogens with one attached hydrogen (secondary N) is 2. The highest BCUT2D eigenvalue weighted by atomic mass is 35.5. The molecule has 0 bridgehead atoms. The molecule has 0 fully saturated rings. The fourth-order valence-electron chi connectivity index (χ4n) is 1.20. The van der Waals surface area contributed by atoms with Gasteiger partial charge in [-0.3, -0.25) is 9.52 Å². The van der Waals surface area contributed by atoms with Gasteiger partial charge in [-0.05, 0) is 17.7 Å². The van der Waals surface area contributed by atoms with E-state index in [2.05, 4.69) is 19.7 Å². The third-order valence-corrected chi connectivity index (χ3v) is 3.69. The fraction of sp³-hybridized carbons (Fsp3) is 0. The molecule has 0 saturated heterocycles. The Balaban J connectivity index is 2.36. The van der Waals surface area contributed by atoms with Crippen molar-refractivity contribution in [3.05, 3.63) is 45.2 Å². The van der Waals surface area contributed by atoms with Crippen LogP contribution in [0.25, 0.3) is 0 Å². The summed E-state index contributed by atoms with van der Waals surface area (Å²) in [6.07, 6.45) is 1.06. The monoisotopic (exact) mass is 320 g/mol. The minimum atomic E-state index is -3.89. The van der Waals surface area contributed by atoms with E-state index in [0.29, 0.717) is 0 Å². The molecule has 0 aliphatic rings. The van der Waals surface area contributed by atoms with Crippen molar-refractivity contribution in [1.82, 2.24) is 15.0 Å². The number of nitrogens with zero attached hydrogens (tertiary/aromatic N) is 2. The number of aromatic amines is 1. The van der Waals surface area contributed by atoms with E-state index in [1.807, 2.05) is 0 Å². The molecule has 2 rings (SSSR count). The molecule has 2 N–H and O–H groups in total. The van der Waals surface area contributed by atoms with Gasteiger partial charge in [-0.1, -0.05) is 11.6 Å². The molecule has 0 radical (unpaired) electrons. The number of hydrogen-bond donors (Lipinski definition) is 2. The Morgan fingerprint density at radius 1 is 1.21 bits per heavy atom. The van der Waals surface area contributed by atoms with Crippen LogP contribution in [0.1, 0.15) is 0 Å². The number of rotatable bonds is 3. The quantitative estimate of drug-likeness (QED) is 0.654. The number of sulfonamides is 1. The summed E-state index contributed by atoms with van der Waals surface area (Å²) in [6.45, 7) is 0. The molecule has 0 saturated carbocycles. The maximum Gasteiger partial charge on any atom is 0.264 e. The van der Waals surface area contributed by atoms with Gasteiger partial charge in [0.05, 0.1) is 0 Å². The lowest BCUT2D eigenvalue weighted by Gasteiger charge is -2.07. The van der Waals surface area contributed by atoms with E-state index in [9.17, 15) is 13.2 Å². The molecule has 0 aliphatic heterocycles. The molecule has 0 aromatic carbocycles. The third-order valence-electron chi connectivity index (χ3n) is 1.97. The van der Waals surface area contributed by atoms with Gasteiger partial charge in [-0.25, -0.2) is 13.4 Å². The highest BCUT2D eigenvalue weighted by Gasteiger charge is 2.15. The van der Waals surface area contributed by atoms with Crippen molar-refractivity contribution in [3.63, 3.8) is 0 Å². The van der Waals surface area contributed by atoms with Crippen LogP contribution in [0.5, 0.6) is 0 Å². The molecule has 0 amide bonds. The predicted octanol–water partition coefficient (Wildman–Crippen LogP) is 1.27. The van der Waals surface area contributed by atoms with E-state index < -0.39 is 15.6 Å². The van der Waals surface area contributed by atoms with Crippen LogP contribution in [-0.4, -0.2) is 23.4 Å². The van der Waals surface area contributed by atoms with Gasteiger partial charge >= 0.3 is 0 Å². The summed E-state index contributed by atoms with van der Waals surface area (Å²) in [7, 11) is -3.89. The zero-order valence-electron chi connectivity index (χ0n) is 9.09. The highest BCUT2D eigenvalue weighted by molar-refractivity contribution is 7.92. The van der Waals surface area contributed by atoms with Crippen molar-refractivity contribution in [2.24, 2.45) is 0 Å². The van der Waals surface area contributed by atoms with Crippen molar-refractivity contribution in [3.8, 4) is 0 Å². The Kier molecular flexibility index (Phi) is 3.74. The maximum atomic E-state index is 12.0. The summed E-state index contributed by atoms with van der Waals surface area (Å²) in [5.74, 6) is -0.0730. The molecule has 0 unspecified atom stereocenters. The molecule has 10 heteroatoms. The van der Waals surface area contributed by atoms with Gasteiger partial charge in [0.2, 0.25) is 10.8 Å². The first-order chi connectivity index (χ1) is 8.87. The van der Waals surface area contributed by atoms with E-state index in [1.165, 1.54) is 6.07 Å². The molecule has 0 atom stereocenters. The number of H-pyrrole nitrogens is 1. The molecule has 19 heavy (non-hydrogen) atoms. The second kappa shape index (κ2) is 5.16. The van der Waals surface area contributed by atoms with Crippen molar-refractivity contribution in [2.75, 3.05) is 4.72 Å².